The summed E-state index contributed by atoms with van der Waals surface area (Å²) in [5.41, 5.74) is 2.57. The summed E-state index contributed by atoms with van der Waals surface area (Å²) in [6.07, 6.45) is 10.7. The van der Waals surface area contributed by atoms with Crippen molar-refractivity contribution in [2.24, 2.45) is 0 Å². The Morgan fingerprint density at radius 2 is 1.77 bits per heavy atom. The molecule has 0 radical (unpaired) electrons. The maximum Gasteiger partial charge on any atom is 0.250 e. The van der Waals surface area contributed by atoms with E-state index in [4.69, 9.17) is 5.10 Å². The van der Waals surface area contributed by atoms with E-state index in [2.05, 4.69) is 14.9 Å². The zero-order valence-corrected chi connectivity index (χ0v) is 20.2. The molecule has 5 rings (SSSR count). The number of piperidine rings is 2. The molecule has 0 spiro atoms. The average molecular weight is 477 g/mol. The molecule has 3 aromatic rings. The first-order valence-corrected chi connectivity index (χ1v) is 12.8. The van der Waals surface area contributed by atoms with Crippen LogP contribution < -0.4 is 0 Å². The molecule has 35 heavy (non-hydrogen) atoms. The lowest BCUT2D eigenvalue weighted by Gasteiger charge is -2.33. The highest BCUT2D eigenvalue weighted by Crippen LogP contribution is 2.31. The summed E-state index contributed by atoms with van der Waals surface area (Å²) in [5.74, 6) is 0.607. The number of rotatable bonds is 7. The molecule has 0 aliphatic carbocycles. The molecule has 1 unspecified atom stereocenters. The number of hydrogen-bond acceptors (Lipinski definition) is 5. The van der Waals surface area contributed by atoms with Gasteiger partial charge < -0.3 is 9.80 Å². The molecule has 7 nitrogen and oxygen atoms in total. The second-order valence-electron chi connectivity index (χ2n) is 9.61. The molecular formula is C27H33FN6O. The van der Waals surface area contributed by atoms with Crippen molar-refractivity contribution in [3.8, 4) is 17.2 Å². The Hall–Kier alpha value is -3.13. The number of hydrogen-bond donors (Lipinski definition) is 0. The topological polar surface area (TPSA) is 67.2 Å². The molecule has 2 fully saturated rings. The Morgan fingerprint density at radius 1 is 1.00 bits per heavy atom. The summed E-state index contributed by atoms with van der Waals surface area (Å²) >= 11 is 0. The molecule has 2 aliphatic heterocycles. The normalized spacial score (nSPS) is 19.1. The number of carbonyl (C=O) groups excluding carboxylic acids is 1. The Balaban J connectivity index is 1.31. The molecule has 0 saturated carbocycles. The van der Waals surface area contributed by atoms with Crippen LogP contribution >= 0.6 is 0 Å². The van der Waals surface area contributed by atoms with Crippen LogP contribution in [0.1, 0.15) is 56.6 Å². The van der Waals surface area contributed by atoms with Crippen molar-refractivity contribution in [2.45, 2.75) is 50.9 Å². The molecular weight excluding hydrogens is 443 g/mol. The van der Waals surface area contributed by atoms with E-state index in [-0.39, 0.29) is 17.6 Å². The van der Waals surface area contributed by atoms with E-state index >= 15 is 0 Å². The van der Waals surface area contributed by atoms with E-state index in [1.54, 1.807) is 35.3 Å². The molecule has 1 amide bonds. The standard InChI is InChI=1S/C27H33FN6O/c28-23-11-9-21(10-12-23)24-19-25(34(31-24)27-29-13-6-14-30-27)22-7-4-18-33(20-22)26(35)8-5-17-32-15-2-1-3-16-32/h6,9-14,19,22H,1-5,7-8,15-18,20H2. The first-order valence-electron chi connectivity index (χ1n) is 12.8. The maximum atomic E-state index is 13.5. The maximum absolute atomic E-state index is 13.5. The Kier molecular flexibility index (Phi) is 7.47. The van der Waals surface area contributed by atoms with E-state index in [9.17, 15) is 9.18 Å². The predicted molar refractivity (Wildman–Crippen MR) is 133 cm³/mol. The Morgan fingerprint density at radius 3 is 2.54 bits per heavy atom. The van der Waals surface area contributed by atoms with Gasteiger partial charge in [0.05, 0.1) is 11.4 Å². The van der Waals surface area contributed by atoms with Crippen LogP contribution in [0.5, 0.6) is 0 Å². The van der Waals surface area contributed by atoms with Crippen LogP contribution in [0.2, 0.25) is 0 Å². The predicted octanol–water partition coefficient (Wildman–Crippen LogP) is 4.44. The van der Waals surface area contributed by atoms with Crippen molar-refractivity contribution in [2.75, 3.05) is 32.7 Å². The number of carbonyl (C=O) groups is 1. The van der Waals surface area contributed by atoms with Gasteiger partial charge in [0.1, 0.15) is 5.82 Å². The monoisotopic (exact) mass is 476 g/mol. The minimum Gasteiger partial charge on any atom is -0.342 e. The average Bonchev–Trinajstić information content (AvgIpc) is 3.36. The van der Waals surface area contributed by atoms with E-state index in [1.165, 1.54) is 44.5 Å². The number of benzene rings is 1. The molecule has 1 atom stereocenters. The lowest BCUT2D eigenvalue weighted by atomic mass is 9.93. The third-order valence-corrected chi connectivity index (χ3v) is 7.12. The Bertz CT molecular complexity index is 1110. The fourth-order valence-electron chi connectivity index (χ4n) is 5.25. The first kappa shape index (κ1) is 23.6. The zero-order valence-electron chi connectivity index (χ0n) is 20.2. The number of nitrogens with zero attached hydrogens (tertiary/aromatic N) is 6. The van der Waals surface area contributed by atoms with Gasteiger partial charge in [-0.3, -0.25) is 4.79 Å². The highest BCUT2D eigenvalue weighted by Gasteiger charge is 2.28. The second-order valence-corrected chi connectivity index (χ2v) is 9.61. The largest absolute Gasteiger partial charge is 0.342 e. The molecule has 2 aromatic heterocycles. The van der Waals surface area contributed by atoms with Crippen molar-refractivity contribution in [3.05, 3.63) is 60.3 Å². The van der Waals surface area contributed by atoms with Crippen LogP contribution in [0.4, 0.5) is 4.39 Å². The third kappa shape index (κ3) is 5.75. The van der Waals surface area contributed by atoms with Crippen molar-refractivity contribution in [1.29, 1.82) is 0 Å². The minimum atomic E-state index is -0.276. The highest BCUT2D eigenvalue weighted by atomic mass is 19.1. The molecule has 0 N–H and O–H groups in total. The molecule has 8 heteroatoms. The third-order valence-electron chi connectivity index (χ3n) is 7.12. The number of amides is 1. The quantitative estimate of drug-likeness (QED) is 0.504. The molecule has 1 aromatic carbocycles. The van der Waals surface area contributed by atoms with Gasteiger partial charge in [0.15, 0.2) is 0 Å². The van der Waals surface area contributed by atoms with E-state index in [0.29, 0.717) is 18.9 Å². The summed E-state index contributed by atoms with van der Waals surface area (Å²) < 4.78 is 15.3. The van der Waals surface area contributed by atoms with E-state index in [1.807, 2.05) is 11.0 Å². The van der Waals surface area contributed by atoms with Gasteiger partial charge in [-0.05, 0) is 88.1 Å². The smallest absolute Gasteiger partial charge is 0.250 e. The van der Waals surface area contributed by atoms with Gasteiger partial charge in [-0.25, -0.2) is 19.0 Å². The van der Waals surface area contributed by atoms with E-state index in [0.717, 1.165) is 49.3 Å². The molecule has 2 aliphatic rings. The number of aromatic nitrogens is 4. The molecule has 0 bridgehead atoms. The first-order chi connectivity index (χ1) is 17.2. The van der Waals surface area contributed by atoms with Gasteiger partial charge >= 0.3 is 0 Å². The van der Waals surface area contributed by atoms with Crippen LogP contribution in [0.25, 0.3) is 17.2 Å². The molecule has 184 valence electrons. The summed E-state index contributed by atoms with van der Waals surface area (Å²) in [4.78, 5) is 26.4. The lowest BCUT2D eigenvalue weighted by Crippen LogP contribution is -2.40. The van der Waals surface area contributed by atoms with Gasteiger partial charge in [-0.2, -0.15) is 5.10 Å². The minimum absolute atomic E-state index is 0.139. The van der Waals surface area contributed by atoms with Crippen LogP contribution in [0.15, 0.2) is 48.8 Å². The van der Waals surface area contributed by atoms with Gasteiger partial charge in [0.2, 0.25) is 5.91 Å². The Labute approximate surface area is 206 Å². The zero-order chi connectivity index (χ0) is 24.0. The van der Waals surface area contributed by atoms with E-state index < -0.39 is 0 Å². The van der Waals surface area contributed by atoms with Crippen molar-refractivity contribution in [1.82, 2.24) is 29.5 Å². The summed E-state index contributed by atoms with van der Waals surface area (Å²) in [5, 5.41) is 4.79. The molecule has 4 heterocycles. The van der Waals surface area contributed by atoms with Crippen LogP contribution in [0.3, 0.4) is 0 Å². The number of halogens is 1. The fourth-order valence-corrected chi connectivity index (χ4v) is 5.25. The van der Waals surface area contributed by atoms with Gasteiger partial charge in [0, 0.05) is 43.4 Å². The fraction of sp³-hybridized carbons (Fsp3) is 0.481. The summed E-state index contributed by atoms with van der Waals surface area (Å²) in [7, 11) is 0. The highest BCUT2D eigenvalue weighted by molar-refractivity contribution is 5.76. The van der Waals surface area contributed by atoms with Crippen LogP contribution in [-0.2, 0) is 4.79 Å². The number of likely N-dealkylation sites (tertiary alicyclic amines) is 2. The second kappa shape index (κ2) is 11.1. The van der Waals surface area contributed by atoms with Crippen molar-refractivity contribution < 1.29 is 9.18 Å². The lowest BCUT2D eigenvalue weighted by molar-refractivity contribution is -0.132. The van der Waals surface area contributed by atoms with Crippen LogP contribution in [-0.4, -0.2) is 68.2 Å². The summed E-state index contributed by atoms with van der Waals surface area (Å²) in [6, 6.07) is 10.2. The van der Waals surface area contributed by atoms with Gasteiger partial charge in [-0.1, -0.05) is 6.42 Å². The van der Waals surface area contributed by atoms with Crippen LogP contribution in [0, 0.1) is 5.82 Å². The van der Waals surface area contributed by atoms with Gasteiger partial charge in [0.25, 0.3) is 5.95 Å². The SMILES string of the molecule is O=C(CCCN1CCCCC1)N1CCCC(c2cc(-c3ccc(F)cc3)nn2-c2ncccn2)C1. The molecule has 2 saturated heterocycles. The van der Waals surface area contributed by atoms with Gasteiger partial charge in [-0.15, -0.1) is 0 Å². The van der Waals surface area contributed by atoms with Crippen molar-refractivity contribution >= 4 is 5.91 Å². The van der Waals surface area contributed by atoms with Crippen molar-refractivity contribution in [3.63, 3.8) is 0 Å². The summed E-state index contributed by atoms with van der Waals surface area (Å²) in [6.45, 7) is 4.83.